The van der Waals surface area contributed by atoms with E-state index < -0.39 is 5.82 Å². The van der Waals surface area contributed by atoms with Crippen LogP contribution < -0.4 is 5.73 Å². The van der Waals surface area contributed by atoms with Crippen LogP contribution in [0.4, 0.5) is 14.5 Å². The Morgan fingerprint density at radius 1 is 1.00 bits per heavy atom. The fourth-order valence-electron chi connectivity index (χ4n) is 2.00. The molecular formula is C15H10ClF2N3. The molecule has 0 aliphatic carbocycles. The van der Waals surface area contributed by atoms with Crippen molar-refractivity contribution in [3.63, 3.8) is 0 Å². The number of nitrogens with two attached hydrogens (primary N) is 1. The number of hydrogen-bond acceptors (Lipinski definition) is 2. The number of halogens is 3. The van der Waals surface area contributed by atoms with E-state index in [-0.39, 0.29) is 10.8 Å². The summed E-state index contributed by atoms with van der Waals surface area (Å²) in [5, 5.41) is 4.56. The maximum atomic E-state index is 13.1. The van der Waals surface area contributed by atoms with E-state index in [2.05, 4.69) is 5.10 Å². The van der Waals surface area contributed by atoms with Crippen LogP contribution in [0.25, 0.3) is 16.9 Å². The Morgan fingerprint density at radius 3 is 2.33 bits per heavy atom. The van der Waals surface area contributed by atoms with Crippen LogP contribution in [-0.2, 0) is 0 Å². The van der Waals surface area contributed by atoms with E-state index in [4.69, 9.17) is 17.3 Å². The van der Waals surface area contributed by atoms with E-state index in [9.17, 15) is 8.78 Å². The largest absolute Gasteiger partial charge is 0.396 e. The summed E-state index contributed by atoms with van der Waals surface area (Å²) < 4.78 is 27.5. The van der Waals surface area contributed by atoms with Crippen molar-refractivity contribution < 1.29 is 8.78 Å². The zero-order valence-electron chi connectivity index (χ0n) is 10.7. The van der Waals surface area contributed by atoms with Crippen LogP contribution in [0.5, 0.6) is 0 Å². The van der Waals surface area contributed by atoms with Gasteiger partial charge >= 0.3 is 0 Å². The molecule has 0 atom stereocenters. The van der Waals surface area contributed by atoms with Crippen molar-refractivity contribution in [3.8, 4) is 16.9 Å². The monoisotopic (exact) mass is 305 g/mol. The Morgan fingerprint density at radius 2 is 1.67 bits per heavy atom. The molecule has 0 fully saturated rings. The lowest BCUT2D eigenvalue weighted by Gasteiger charge is -2.02. The molecule has 0 saturated carbocycles. The fourth-order valence-corrected chi connectivity index (χ4v) is 2.26. The number of anilines is 1. The van der Waals surface area contributed by atoms with Gasteiger partial charge in [-0.05, 0) is 42.5 Å². The summed E-state index contributed by atoms with van der Waals surface area (Å²) >= 11 is 6.02. The number of nitrogens with zero attached hydrogens (tertiary/aromatic N) is 2. The van der Waals surface area contributed by atoms with Gasteiger partial charge in [0.25, 0.3) is 0 Å². The number of aromatic nitrogens is 2. The van der Waals surface area contributed by atoms with Gasteiger partial charge in [-0.15, -0.1) is 0 Å². The van der Waals surface area contributed by atoms with Gasteiger partial charge in [0.1, 0.15) is 17.3 Å². The molecular weight excluding hydrogens is 296 g/mol. The van der Waals surface area contributed by atoms with E-state index >= 15 is 0 Å². The minimum absolute atomic E-state index is 0.228. The molecule has 0 unspecified atom stereocenters. The number of benzene rings is 2. The molecule has 0 aliphatic rings. The Kier molecular flexibility index (Phi) is 3.35. The van der Waals surface area contributed by atoms with E-state index in [0.29, 0.717) is 22.6 Å². The molecule has 106 valence electrons. The molecule has 0 spiro atoms. The molecule has 2 aromatic carbocycles. The standard InChI is InChI=1S/C15H10ClF2N3/c16-13-7-10(18)3-6-12(13)15-14(19)8-21(20-15)11-4-1-9(17)2-5-11/h1-8H,19H2. The predicted octanol–water partition coefficient (Wildman–Crippen LogP) is 4.05. The van der Waals surface area contributed by atoms with Crippen LogP contribution in [0.3, 0.4) is 0 Å². The third kappa shape index (κ3) is 2.60. The van der Waals surface area contributed by atoms with Crippen molar-refractivity contribution in [1.82, 2.24) is 9.78 Å². The second-order valence-electron chi connectivity index (χ2n) is 4.48. The lowest BCUT2D eigenvalue weighted by molar-refractivity contribution is 0.627. The van der Waals surface area contributed by atoms with Gasteiger partial charge in [-0.25, -0.2) is 13.5 Å². The fraction of sp³-hybridized carbons (Fsp3) is 0. The number of rotatable bonds is 2. The Hall–Kier alpha value is -2.40. The molecule has 3 nitrogen and oxygen atoms in total. The second kappa shape index (κ2) is 5.18. The lowest BCUT2D eigenvalue weighted by Crippen LogP contribution is -1.95. The molecule has 0 saturated heterocycles. The lowest BCUT2D eigenvalue weighted by atomic mass is 10.1. The summed E-state index contributed by atoms with van der Waals surface area (Å²) in [5.74, 6) is -0.763. The third-order valence-electron chi connectivity index (χ3n) is 3.02. The summed E-state index contributed by atoms with van der Waals surface area (Å²) in [5.41, 5.74) is 7.98. The van der Waals surface area contributed by atoms with E-state index in [1.54, 1.807) is 18.3 Å². The summed E-state index contributed by atoms with van der Waals surface area (Å²) in [6.07, 6.45) is 1.60. The third-order valence-corrected chi connectivity index (χ3v) is 3.33. The van der Waals surface area contributed by atoms with Gasteiger partial charge in [0.05, 0.1) is 22.6 Å². The SMILES string of the molecule is Nc1cn(-c2ccc(F)cc2)nc1-c1ccc(F)cc1Cl. The van der Waals surface area contributed by atoms with Gasteiger partial charge in [0.2, 0.25) is 0 Å². The van der Waals surface area contributed by atoms with Crippen LogP contribution in [-0.4, -0.2) is 9.78 Å². The van der Waals surface area contributed by atoms with Crippen LogP contribution >= 0.6 is 11.6 Å². The second-order valence-corrected chi connectivity index (χ2v) is 4.89. The van der Waals surface area contributed by atoms with Gasteiger partial charge in [-0.1, -0.05) is 11.6 Å². The van der Waals surface area contributed by atoms with Gasteiger partial charge in [-0.2, -0.15) is 5.10 Å². The van der Waals surface area contributed by atoms with E-state index in [0.717, 1.165) is 0 Å². The molecule has 0 radical (unpaired) electrons. The zero-order valence-corrected chi connectivity index (χ0v) is 11.5. The van der Waals surface area contributed by atoms with Crippen molar-refractivity contribution in [1.29, 1.82) is 0 Å². The van der Waals surface area contributed by atoms with Crippen LogP contribution in [0.15, 0.2) is 48.7 Å². The average molecular weight is 306 g/mol. The molecule has 0 aliphatic heterocycles. The van der Waals surface area contributed by atoms with Gasteiger partial charge in [0.15, 0.2) is 0 Å². The molecule has 1 heterocycles. The molecule has 2 N–H and O–H groups in total. The van der Waals surface area contributed by atoms with Crippen LogP contribution in [0.2, 0.25) is 5.02 Å². The highest BCUT2D eigenvalue weighted by molar-refractivity contribution is 6.33. The van der Waals surface area contributed by atoms with Crippen LogP contribution in [0.1, 0.15) is 0 Å². The van der Waals surface area contributed by atoms with Gasteiger partial charge < -0.3 is 5.73 Å². The molecule has 3 rings (SSSR count). The van der Waals surface area contributed by atoms with Crippen molar-refractivity contribution in [2.24, 2.45) is 0 Å². The topological polar surface area (TPSA) is 43.8 Å². The quantitative estimate of drug-likeness (QED) is 0.776. The number of hydrogen-bond donors (Lipinski definition) is 1. The molecule has 1 aromatic heterocycles. The first-order valence-corrected chi connectivity index (χ1v) is 6.49. The first-order valence-electron chi connectivity index (χ1n) is 6.11. The molecule has 3 aromatic rings. The minimum Gasteiger partial charge on any atom is -0.396 e. The Bertz CT molecular complexity index is 797. The maximum Gasteiger partial charge on any atom is 0.124 e. The first kappa shape index (κ1) is 13.6. The zero-order chi connectivity index (χ0) is 15.0. The van der Waals surface area contributed by atoms with Gasteiger partial charge in [-0.3, -0.25) is 0 Å². The number of nitrogen functional groups attached to an aromatic ring is 1. The summed E-state index contributed by atoms with van der Waals surface area (Å²) in [6, 6.07) is 9.83. The molecule has 0 amide bonds. The van der Waals surface area contributed by atoms with Crippen molar-refractivity contribution in [2.75, 3.05) is 5.73 Å². The molecule has 21 heavy (non-hydrogen) atoms. The summed E-state index contributed by atoms with van der Waals surface area (Å²) in [4.78, 5) is 0. The van der Waals surface area contributed by atoms with E-state index in [1.165, 1.54) is 35.0 Å². The normalized spacial score (nSPS) is 10.8. The van der Waals surface area contributed by atoms with Crippen molar-refractivity contribution in [2.45, 2.75) is 0 Å². The Labute approximate surface area is 124 Å². The van der Waals surface area contributed by atoms with Crippen molar-refractivity contribution in [3.05, 3.63) is 65.3 Å². The van der Waals surface area contributed by atoms with Crippen LogP contribution in [0, 0.1) is 11.6 Å². The van der Waals surface area contributed by atoms with Gasteiger partial charge in [0, 0.05) is 5.56 Å². The Balaban J connectivity index is 2.07. The van der Waals surface area contributed by atoms with Crippen molar-refractivity contribution >= 4 is 17.3 Å². The average Bonchev–Trinajstić information content (AvgIpc) is 2.81. The highest BCUT2D eigenvalue weighted by Gasteiger charge is 2.13. The minimum atomic E-state index is -0.430. The predicted molar refractivity (Wildman–Crippen MR) is 78.3 cm³/mol. The highest BCUT2D eigenvalue weighted by Crippen LogP contribution is 2.31. The summed E-state index contributed by atoms with van der Waals surface area (Å²) in [6.45, 7) is 0. The first-order chi connectivity index (χ1) is 10.0. The maximum absolute atomic E-state index is 13.1. The van der Waals surface area contributed by atoms with E-state index in [1.807, 2.05) is 0 Å². The molecule has 0 bridgehead atoms. The summed E-state index contributed by atoms with van der Waals surface area (Å²) in [7, 11) is 0. The highest BCUT2D eigenvalue weighted by atomic mass is 35.5. The smallest absolute Gasteiger partial charge is 0.124 e. The molecule has 6 heteroatoms.